The molecular weight excluding hydrogens is 482 g/mol. The molecule has 1 saturated heterocycles. The predicted octanol–water partition coefficient (Wildman–Crippen LogP) is 0.885. The van der Waals surface area contributed by atoms with Crippen LogP contribution in [0, 0.1) is 0 Å². The Bertz CT molecular complexity index is 1230. The standard InChI is InChI=1S/C22H25N3O9S/c26-16-4-3-5-18(21(16)22(30)31)34-11-2-1-10-23-19(28)9-7-14-6-8-15(17(27)12-14)25-13-20(29)24-35(25,32)33/h3-6,8,12,26-27H,1-2,7,9-11,13H2,(H,23,28)(H,24,29)(H,30,31). The maximum atomic E-state index is 12.1. The Morgan fingerprint density at radius 3 is 2.54 bits per heavy atom. The van der Waals surface area contributed by atoms with Crippen molar-refractivity contribution >= 4 is 33.7 Å². The van der Waals surface area contributed by atoms with Gasteiger partial charge in [-0.3, -0.25) is 9.59 Å². The highest BCUT2D eigenvalue weighted by Gasteiger charge is 2.35. The van der Waals surface area contributed by atoms with Gasteiger partial charge in [-0.1, -0.05) is 12.1 Å². The number of carboxylic acid groups (broad SMARTS) is 1. The average Bonchev–Trinajstić information content (AvgIpc) is 3.06. The predicted molar refractivity (Wildman–Crippen MR) is 124 cm³/mol. The number of ether oxygens (including phenoxy) is 1. The number of phenols is 2. The Balaban J connectivity index is 1.38. The number of unbranched alkanes of at least 4 members (excludes halogenated alkanes) is 1. The van der Waals surface area contributed by atoms with Gasteiger partial charge in [-0.25, -0.2) is 13.8 Å². The summed E-state index contributed by atoms with van der Waals surface area (Å²) in [4.78, 5) is 34.6. The Labute approximate surface area is 201 Å². The zero-order chi connectivity index (χ0) is 25.6. The monoisotopic (exact) mass is 507 g/mol. The molecule has 12 nitrogen and oxygen atoms in total. The molecule has 35 heavy (non-hydrogen) atoms. The van der Waals surface area contributed by atoms with Crippen LogP contribution in [0.1, 0.15) is 35.2 Å². The lowest BCUT2D eigenvalue weighted by molar-refractivity contribution is -0.121. The quantitative estimate of drug-likeness (QED) is 0.276. The third kappa shape index (κ3) is 6.53. The number of nitrogens with one attached hydrogen (secondary N) is 2. The third-order valence-corrected chi connectivity index (χ3v) is 6.53. The fourth-order valence-electron chi connectivity index (χ4n) is 3.43. The van der Waals surface area contributed by atoms with Gasteiger partial charge in [-0.15, -0.1) is 0 Å². The fourth-order valence-corrected chi connectivity index (χ4v) is 4.60. The molecule has 0 bridgehead atoms. The van der Waals surface area contributed by atoms with Crippen LogP contribution in [0.15, 0.2) is 36.4 Å². The number of aryl methyl sites for hydroxylation is 1. The number of carbonyl (C=O) groups excluding carboxylic acids is 2. The van der Waals surface area contributed by atoms with Crippen molar-refractivity contribution in [3.8, 4) is 17.2 Å². The van der Waals surface area contributed by atoms with Crippen molar-refractivity contribution in [2.24, 2.45) is 0 Å². The van der Waals surface area contributed by atoms with E-state index in [1.807, 2.05) is 4.72 Å². The van der Waals surface area contributed by atoms with Crippen molar-refractivity contribution in [2.75, 3.05) is 24.0 Å². The fraction of sp³-hybridized carbons (Fsp3) is 0.318. The number of benzene rings is 2. The number of aromatic hydroxyl groups is 2. The van der Waals surface area contributed by atoms with Crippen molar-refractivity contribution in [3.05, 3.63) is 47.5 Å². The number of carboxylic acids is 1. The van der Waals surface area contributed by atoms with E-state index in [2.05, 4.69) is 5.32 Å². The first-order valence-electron chi connectivity index (χ1n) is 10.7. The van der Waals surface area contributed by atoms with E-state index < -0.39 is 28.6 Å². The molecule has 0 radical (unpaired) electrons. The van der Waals surface area contributed by atoms with Crippen LogP contribution in [-0.2, 0) is 26.2 Å². The van der Waals surface area contributed by atoms with Gasteiger partial charge < -0.3 is 25.4 Å². The van der Waals surface area contributed by atoms with Gasteiger partial charge in [0.15, 0.2) is 0 Å². The van der Waals surface area contributed by atoms with Crippen molar-refractivity contribution in [1.82, 2.24) is 10.0 Å². The SMILES string of the molecule is O=C(CCc1ccc(N2CC(=O)NS2(=O)=O)c(O)c1)NCCCCOc1cccc(O)c1C(=O)O. The summed E-state index contributed by atoms with van der Waals surface area (Å²) in [6, 6.07) is 8.50. The molecular formula is C22H25N3O9S. The summed E-state index contributed by atoms with van der Waals surface area (Å²) in [7, 11) is -4.03. The van der Waals surface area contributed by atoms with Crippen LogP contribution in [0.4, 0.5) is 5.69 Å². The summed E-state index contributed by atoms with van der Waals surface area (Å²) >= 11 is 0. The second-order valence-electron chi connectivity index (χ2n) is 7.72. The van der Waals surface area contributed by atoms with E-state index in [9.17, 15) is 33.0 Å². The summed E-state index contributed by atoms with van der Waals surface area (Å²) in [6.07, 6.45) is 1.57. The molecule has 2 aromatic carbocycles. The zero-order valence-electron chi connectivity index (χ0n) is 18.6. The van der Waals surface area contributed by atoms with Gasteiger partial charge in [0, 0.05) is 13.0 Å². The minimum Gasteiger partial charge on any atom is -0.507 e. The Hall–Kier alpha value is -4.00. The number of amides is 2. The lowest BCUT2D eigenvalue weighted by Gasteiger charge is -2.16. The minimum absolute atomic E-state index is 0.0278. The van der Waals surface area contributed by atoms with Crippen molar-refractivity contribution in [3.63, 3.8) is 0 Å². The number of phenolic OH excluding ortho intramolecular Hbond substituents is 1. The topological polar surface area (TPSA) is 183 Å². The van der Waals surface area contributed by atoms with Gasteiger partial charge in [0.1, 0.15) is 29.4 Å². The summed E-state index contributed by atoms with van der Waals surface area (Å²) in [5.74, 6) is -2.82. The van der Waals surface area contributed by atoms with E-state index in [1.165, 1.54) is 30.3 Å². The van der Waals surface area contributed by atoms with Crippen LogP contribution in [0.5, 0.6) is 17.2 Å². The maximum absolute atomic E-state index is 12.1. The number of hydrogen-bond acceptors (Lipinski definition) is 8. The Morgan fingerprint density at radius 1 is 1.11 bits per heavy atom. The van der Waals surface area contributed by atoms with Crippen LogP contribution in [0.2, 0.25) is 0 Å². The molecule has 0 aliphatic carbocycles. The third-order valence-electron chi connectivity index (χ3n) is 5.14. The van der Waals surface area contributed by atoms with Gasteiger partial charge in [-0.2, -0.15) is 8.42 Å². The zero-order valence-corrected chi connectivity index (χ0v) is 19.4. The van der Waals surface area contributed by atoms with E-state index >= 15 is 0 Å². The molecule has 0 unspecified atom stereocenters. The van der Waals surface area contributed by atoms with Crippen LogP contribution in [0.3, 0.4) is 0 Å². The van der Waals surface area contributed by atoms with Gasteiger partial charge in [-0.05, 0) is 49.1 Å². The van der Waals surface area contributed by atoms with Crippen molar-refractivity contribution in [1.29, 1.82) is 0 Å². The minimum atomic E-state index is -4.03. The summed E-state index contributed by atoms with van der Waals surface area (Å²) < 4.78 is 31.8. The lowest BCUT2D eigenvalue weighted by atomic mass is 10.1. The first-order valence-corrected chi connectivity index (χ1v) is 12.1. The van der Waals surface area contributed by atoms with E-state index in [-0.39, 0.29) is 47.4 Å². The summed E-state index contributed by atoms with van der Waals surface area (Å²) in [5, 5.41) is 31.7. The van der Waals surface area contributed by atoms with Crippen molar-refractivity contribution in [2.45, 2.75) is 25.7 Å². The smallest absolute Gasteiger partial charge is 0.343 e. The number of hydrogen-bond donors (Lipinski definition) is 5. The molecule has 1 heterocycles. The molecule has 0 spiro atoms. The van der Waals surface area contributed by atoms with E-state index in [1.54, 1.807) is 6.07 Å². The van der Waals surface area contributed by atoms with Crippen LogP contribution >= 0.6 is 0 Å². The molecule has 3 rings (SSSR count). The number of aromatic carboxylic acids is 1. The molecule has 2 amide bonds. The number of rotatable bonds is 11. The number of carbonyl (C=O) groups is 3. The lowest BCUT2D eigenvalue weighted by Crippen LogP contribution is -2.29. The normalized spacial score (nSPS) is 14.4. The molecule has 5 N–H and O–H groups in total. The highest BCUT2D eigenvalue weighted by molar-refractivity contribution is 7.92. The molecule has 0 atom stereocenters. The highest BCUT2D eigenvalue weighted by Crippen LogP contribution is 2.31. The first kappa shape index (κ1) is 25.6. The molecule has 2 aromatic rings. The van der Waals surface area contributed by atoms with Crippen molar-refractivity contribution < 1.29 is 42.9 Å². The molecule has 1 aliphatic heterocycles. The maximum Gasteiger partial charge on any atom is 0.343 e. The van der Waals surface area contributed by atoms with Gasteiger partial charge in [0.25, 0.3) is 5.91 Å². The van der Waals surface area contributed by atoms with Crippen LogP contribution in [-0.4, -0.2) is 61.2 Å². The van der Waals surface area contributed by atoms with Gasteiger partial charge in [0.05, 0.1) is 12.3 Å². The molecule has 1 aliphatic rings. The first-order chi connectivity index (χ1) is 16.6. The molecule has 188 valence electrons. The largest absolute Gasteiger partial charge is 0.507 e. The summed E-state index contributed by atoms with van der Waals surface area (Å²) in [5.41, 5.74) is 0.290. The van der Waals surface area contributed by atoms with E-state index in [0.717, 1.165) is 4.31 Å². The summed E-state index contributed by atoms with van der Waals surface area (Å²) in [6.45, 7) is 0.169. The molecule has 0 aromatic heterocycles. The van der Waals surface area contributed by atoms with E-state index in [4.69, 9.17) is 9.84 Å². The molecule has 13 heteroatoms. The molecule has 0 saturated carbocycles. The second-order valence-corrected chi connectivity index (χ2v) is 9.32. The number of anilines is 1. The molecule has 1 fully saturated rings. The Kier molecular flexibility index (Phi) is 8.02. The number of nitrogens with zero attached hydrogens (tertiary/aromatic N) is 1. The Morgan fingerprint density at radius 2 is 1.89 bits per heavy atom. The van der Waals surface area contributed by atoms with Gasteiger partial charge in [0.2, 0.25) is 5.91 Å². The highest BCUT2D eigenvalue weighted by atomic mass is 32.2. The average molecular weight is 508 g/mol. The van der Waals surface area contributed by atoms with Crippen LogP contribution < -0.4 is 19.1 Å². The second kappa shape index (κ2) is 11.0. The van der Waals surface area contributed by atoms with Gasteiger partial charge >= 0.3 is 16.2 Å². The van der Waals surface area contributed by atoms with E-state index in [0.29, 0.717) is 31.4 Å². The van der Waals surface area contributed by atoms with Crippen LogP contribution in [0.25, 0.3) is 0 Å².